The first-order valence-corrected chi connectivity index (χ1v) is 6.15. The van der Waals surface area contributed by atoms with E-state index >= 15 is 0 Å². The number of amides is 1. The van der Waals surface area contributed by atoms with Gasteiger partial charge < -0.3 is 15.3 Å². The van der Waals surface area contributed by atoms with Crippen LogP contribution in [0, 0.1) is 11.6 Å². The fraction of sp³-hybridized carbons (Fsp3) is 0.462. The van der Waals surface area contributed by atoms with Crippen molar-refractivity contribution in [2.75, 3.05) is 18.5 Å². The number of carbonyl (C=O) groups excluding carboxylic acids is 1. The lowest BCUT2D eigenvalue weighted by Gasteiger charge is -2.26. The molecule has 0 radical (unpaired) electrons. The SMILES string of the molecule is CNC(=O)C1CCCN1c1c(F)cc(CO)cc1F. The predicted octanol–water partition coefficient (Wildman–Crippen LogP) is 1.17. The number of benzene rings is 1. The number of rotatable bonds is 3. The number of nitrogens with one attached hydrogen (secondary N) is 1. The van der Waals surface area contributed by atoms with Crippen molar-refractivity contribution in [3.05, 3.63) is 29.3 Å². The van der Waals surface area contributed by atoms with E-state index in [-0.39, 0.29) is 17.2 Å². The van der Waals surface area contributed by atoms with Crippen LogP contribution in [0.1, 0.15) is 18.4 Å². The fourth-order valence-electron chi connectivity index (χ4n) is 2.46. The monoisotopic (exact) mass is 270 g/mol. The van der Waals surface area contributed by atoms with Crippen molar-refractivity contribution in [1.82, 2.24) is 5.32 Å². The Balaban J connectivity index is 2.38. The lowest BCUT2D eigenvalue weighted by atomic mass is 10.1. The van der Waals surface area contributed by atoms with Crippen molar-refractivity contribution in [2.45, 2.75) is 25.5 Å². The van der Waals surface area contributed by atoms with Gasteiger partial charge in [-0.25, -0.2) is 8.78 Å². The quantitative estimate of drug-likeness (QED) is 0.867. The van der Waals surface area contributed by atoms with Crippen LogP contribution in [-0.4, -0.2) is 30.6 Å². The molecule has 1 aromatic carbocycles. The molecule has 1 aliphatic rings. The maximum Gasteiger partial charge on any atom is 0.242 e. The first-order chi connectivity index (χ1) is 9.08. The number of anilines is 1. The maximum absolute atomic E-state index is 14.0. The molecule has 104 valence electrons. The second kappa shape index (κ2) is 5.52. The summed E-state index contributed by atoms with van der Waals surface area (Å²) in [6.45, 7) is 0.0113. The van der Waals surface area contributed by atoms with E-state index in [0.717, 1.165) is 12.1 Å². The summed E-state index contributed by atoms with van der Waals surface area (Å²) in [4.78, 5) is 13.2. The third kappa shape index (κ3) is 2.53. The fourth-order valence-corrected chi connectivity index (χ4v) is 2.46. The highest BCUT2D eigenvalue weighted by Gasteiger charge is 2.33. The van der Waals surface area contributed by atoms with Gasteiger partial charge in [0.2, 0.25) is 5.91 Å². The summed E-state index contributed by atoms with van der Waals surface area (Å²) in [5.74, 6) is -1.75. The number of aliphatic hydroxyl groups is 1. The molecule has 1 amide bonds. The third-order valence-electron chi connectivity index (χ3n) is 3.35. The van der Waals surface area contributed by atoms with E-state index < -0.39 is 24.3 Å². The average Bonchev–Trinajstić information content (AvgIpc) is 2.86. The minimum Gasteiger partial charge on any atom is -0.392 e. The Hall–Kier alpha value is -1.69. The first kappa shape index (κ1) is 13.7. The summed E-state index contributed by atoms with van der Waals surface area (Å²) in [6, 6.07) is 1.64. The highest BCUT2D eigenvalue weighted by molar-refractivity contribution is 5.85. The molecule has 1 atom stereocenters. The van der Waals surface area contributed by atoms with Crippen molar-refractivity contribution in [3.8, 4) is 0 Å². The molecule has 0 bridgehead atoms. The van der Waals surface area contributed by atoms with Gasteiger partial charge in [-0.2, -0.15) is 0 Å². The van der Waals surface area contributed by atoms with Crippen molar-refractivity contribution in [1.29, 1.82) is 0 Å². The zero-order valence-corrected chi connectivity index (χ0v) is 10.6. The van der Waals surface area contributed by atoms with Crippen molar-refractivity contribution < 1.29 is 18.7 Å². The topological polar surface area (TPSA) is 52.6 Å². The lowest BCUT2D eigenvalue weighted by Crippen LogP contribution is -2.42. The van der Waals surface area contributed by atoms with E-state index in [1.165, 1.54) is 11.9 Å². The van der Waals surface area contributed by atoms with Gasteiger partial charge in [-0.1, -0.05) is 0 Å². The molecule has 4 nitrogen and oxygen atoms in total. The van der Waals surface area contributed by atoms with Crippen LogP contribution in [-0.2, 0) is 11.4 Å². The molecular weight excluding hydrogens is 254 g/mol. The van der Waals surface area contributed by atoms with Gasteiger partial charge in [-0.3, -0.25) is 4.79 Å². The number of carbonyl (C=O) groups is 1. The molecule has 1 fully saturated rings. The van der Waals surface area contributed by atoms with Gasteiger partial charge in [0, 0.05) is 13.6 Å². The largest absolute Gasteiger partial charge is 0.392 e. The molecular formula is C13H16F2N2O2. The molecule has 0 saturated carbocycles. The minimum atomic E-state index is -0.750. The molecule has 0 aliphatic carbocycles. The van der Waals surface area contributed by atoms with Gasteiger partial charge in [0.05, 0.1) is 6.61 Å². The summed E-state index contributed by atoms with van der Waals surface area (Å²) >= 11 is 0. The van der Waals surface area contributed by atoms with Crippen molar-refractivity contribution in [3.63, 3.8) is 0 Å². The predicted molar refractivity (Wildman–Crippen MR) is 66.7 cm³/mol. The van der Waals surface area contributed by atoms with Gasteiger partial charge in [-0.05, 0) is 30.5 Å². The first-order valence-electron chi connectivity index (χ1n) is 6.15. The van der Waals surface area contributed by atoms with Gasteiger partial charge in [0.25, 0.3) is 0 Å². The molecule has 1 aromatic rings. The van der Waals surface area contributed by atoms with E-state index in [2.05, 4.69) is 5.32 Å². The smallest absolute Gasteiger partial charge is 0.242 e. The number of halogens is 2. The number of aliphatic hydroxyl groups excluding tert-OH is 1. The Kier molecular flexibility index (Phi) is 3.99. The second-order valence-electron chi connectivity index (χ2n) is 4.53. The van der Waals surface area contributed by atoms with Gasteiger partial charge in [0.15, 0.2) is 0 Å². The molecule has 0 aromatic heterocycles. The Bertz CT molecular complexity index is 471. The highest BCUT2D eigenvalue weighted by atomic mass is 19.1. The van der Waals surface area contributed by atoms with Crippen LogP contribution in [0.2, 0.25) is 0 Å². The Morgan fingerprint density at radius 3 is 2.63 bits per heavy atom. The van der Waals surface area contributed by atoms with Crippen LogP contribution < -0.4 is 10.2 Å². The third-order valence-corrected chi connectivity index (χ3v) is 3.35. The molecule has 6 heteroatoms. The van der Waals surface area contributed by atoms with Crippen molar-refractivity contribution in [2.24, 2.45) is 0 Å². The van der Waals surface area contributed by atoms with Crippen LogP contribution in [0.15, 0.2) is 12.1 Å². The van der Waals surface area contributed by atoms with Crippen LogP contribution >= 0.6 is 0 Å². The summed E-state index contributed by atoms with van der Waals surface area (Å²) in [6.07, 6.45) is 1.28. The van der Waals surface area contributed by atoms with E-state index in [1.54, 1.807) is 0 Å². The molecule has 2 N–H and O–H groups in total. The average molecular weight is 270 g/mol. The molecule has 1 aliphatic heterocycles. The standard InChI is InChI=1S/C13H16F2N2O2/c1-16-13(19)11-3-2-4-17(11)12-9(14)5-8(7-18)6-10(12)15/h5-6,11,18H,2-4,7H2,1H3,(H,16,19). The summed E-state index contributed by atoms with van der Waals surface area (Å²) in [7, 11) is 1.50. The van der Waals surface area contributed by atoms with E-state index in [1.807, 2.05) is 0 Å². The molecule has 19 heavy (non-hydrogen) atoms. The zero-order valence-electron chi connectivity index (χ0n) is 10.6. The summed E-state index contributed by atoms with van der Waals surface area (Å²) in [5.41, 5.74) is -0.0160. The van der Waals surface area contributed by atoms with Gasteiger partial charge in [0.1, 0.15) is 23.4 Å². The highest BCUT2D eigenvalue weighted by Crippen LogP contribution is 2.31. The molecule has 2 rings (SSSR count). The minimum absolute atomic E-state index is 0.175. The Labute approximate surface area is 110 Å². The lowest BCUT2D eigenvalue weighted by molar-refractivity contribution is -0.121. The van der Waals surface area contributed by atoms with Crippen LogP contribution in [0.4, 0.5) is 14.5 Å². The normalized spacial score (nSPS) is 18.7. The molecule has 1 saturated heterocycles. The van der Waals surface area contributed by atoms with Crippen LogP contribution in [0.25, 0.3) is 0 Å². The van der Waals surface area contributed by atoms with Gasteiger partial charge in [-0.15, -0.1) is 0 Å². The number of nitrogens with zero attached hydrogens (tertiary/aromatic N) is 1. The van der Waals surface area contributed by atoms with E-state index in [4.69, 9.17) is 5.11 Å². The Morgan fingerprint density at radius 2 is 2.11 bits per heavy atom. The summed E-state index contributed by atoms with van der Waals surface area (Å²) < 4.78 is 27.9. The molecule has 0 spiro atoms. The van der Waals surface area contributed by atoms with Gasteiger partial charge >= 0.3 is 0 Å². The van der Waals surface area contributed by atoms with Crippen LogP contribution in [0.5, 0.6) is 0 Å². The molecule has 1 heterocycles. The zero-order chi connectivity index (χ0) is 14.0. The summed E-state index contributed by atoms with van der Waals surface area (Å²) in [5, 5.41) is 11.4. The maximum atomic E-state index is 14.0. The van der Waals surface area contributed by atoms with E-state index in [9.17, 15) is 13.6 Å². The van der Waals surface area contributed by atoms with Crippen LogP contribution in [0.3, 0.4) is 0 Å². The van der Waals surface area contributed by atoms with E-state index in [0.29, 0.717) is 19.4 Å². The number of hydrogen-bond donors (Lipinski definition) is 2. The number of likely N-dealkylation sites (N-methyl/N-ethyl adjacent to an activating group) is 1. The Morgan fingerprint density at radius 1 is 1.47 bits per heavy atom. The van der Waals surface area contributed by atoms with Crippen molar-refractivity contribution >= 4 is 11.6 Å². The molecule has 1 unspecified atom stereocenters. The number of hydrogen-bond acceptors (Lipinski definition) is 3. The second-order valence-corrected chi connectivity index (χ2v) is 4.53.